The molecule has 3 nitrogen and oxygen atoms in total. The Morgan fingerprint density at radius 2 is 2.05 bits per heavy atom. The molecule has 2 aromatic rings. The third-order valence-corrected chi connectivity index (χ3v) is 4.50. The van der Waals surface area contributed by atoms with E-state index >= 15 is 0 Å². The van der Waals surface area contributed by atoms with Crippen LogP contribution in [-0.2, 0) is 0 Å². The lowest BCUT2D eigenvalue weighted by Gasteiger charge is -2.24. The van der Waals surface area contributed by atoms with Gasteiger partial charge in [-0.1, -0.05) is 18.6 Å². The molecule has 1 saturated heterocycles. The summed E-state index contributed by atoms with van der Waals surface area (Å²) in [5.41, 5.74) is 3.99. The zero-order valence-corrected chi connectivity index (χ0v) is 11.8. The van der Waals surface area contributed by atoms with E-state index in [0.717, 1.165) is 12.5 Å². The number of nitrogens with one attached hydrogen (secondary N) is 1. The van der Waals surface area contributed by atoms with Crippen molar-refractivity contribution in [2.75, 3.05) is 6.54 Å². The number of rotatable bonds is 3. The van der Waals surface area contributed by atoms with E-state index in [-0.39, 0.29) is 0 Å². The van der Waals surface area contributed by atoms with Crippen molar-refractivity contribution in [2.24, 2.45) is 0 Å². The van der Waals surface area contributed by atoms with Crippen molar-refractivity contribution in [3.05, 3.63) is 47.8 Å². The maximum atomic E-state index is 4.53. The standard InChI is InChI=1S/C17H21N3/c1-2-10-18-16(6-1)14-4-3-5-15(12-14)20-17(9-11-19-20)13-7-8-13/h3-5,9,11-13,16,18H,1-2,6-8,10H2. The van der Waals surface area contributed by atoms with Gasteiger partial charge in [-0.25, -0.2) is 4.68 Å². The smallest absolute Gasteiger partial charge is 0.0652 e. The van der Waals surface area contributed by atoms with Gasteiger partial charge >= 0.3 is 0 Å². The second kappa shape index (κ2) is 5.06. The van der Waals surface area contributed by atoms with Crippen molar-refractivity contribution in [3.63, 3.8) is 0 Å². The Labute approximate surface area is 120 Å². The zero-order valence-electron chi connectivity index (χ0n) is 11.8. The third-order valence-electron chi connectivity index (χ3n) is 4.50. The van der Waals surface area contributed by atoms with Crippen molar-refractivity contribution in [1.29, 1.82) is 0 Å². The maximum Gasteiger partial charge on any atom is 0.0652 e. The number of nitrogens with zero attached hydrogens (tertiary/aromatic N) is 2. The molecular weight excluding hydrogens is 246 g/mol. The van der Waals surface area contributed by atoms with Crippen LogP contribution in [0.5, 0.6) is 0 Å². The van der Waals surface area contributed by atoms with Gasteiger partial charge in [0.15, 0.2) is 0 Å². The van der Waals surface area contributed by atoms with E-state index in [2.05, 4.69) is 45.4 Å². The average Bonchev–Trinajstić information content (AvgIpc) is 3.25. The monoisotopic (exact) mass is 267 g/mol. The number of benzene rings is 1. The molecule has 1 unspecified atom stereocenters. The van der Waals surface area contributed by atoms with Crippen molar-refractivity contribution < 1.29 is 0 Å². The van der Waals surface area contributed by atoms with Crippen molar-refractivity contribution in [2.45, 2.75) is 44.1 Å². The average molecular weight is 267 g/mol. The highest BCUT2D eigenvalue weighted by molar-refractivity contribution is 5.39. The van der Waals surface area contributed by atoms with Gasteiger partial charge in [0.1, 0.15) is 0 Å². The van der Waals surface area contributed by atoms with Gasteiger partial charge in [0, 0.05) is 23.9 Å². The van der Waals surface area contributed by atoms with E-state index in [4.69, 9.17) is 0 Å². The van der Waals surface area contributed by atoms with Crippen molar-refractivity contribution in [1.82, 2.24) is 15.1 Å². The van der Waals surface area contributed by atoms with Gasteiger partial charge in [0.05, 0.1) is 5.69 Å². The second-order valence-corrected chi connectivity index (χ2v) is 6.04. The zero-order chi connectivity index (χ0) is 13.4. The quantitative estimate of drug-likeness (QED) is 0.921. The van der Waals surface area contributed by atoms with E-state index in [0.29, 0.717) is 6.04 Å². The molecule has 4 rings (SSSR count). The molecule has 2 aliphatic rings. The number of hydrogen-bond donors (Lipinski definition) is 1. The first-order valence-electron chi connectivity index (χ1n) is 7.79. The first kappa shape index (κ1) is 12.2. The lowest BCUT2D eigenvalue weighted by Crippen LogP contribution is -2.26. The van der Waals surface area contributed by atoms with Crippen molar-refractivity contribution in [3.8, 4) is 5.69 Å². The summed E-state index contributed by atoms with van der Waals surface area (Å²) in [7, 11) is 0. The predicted molar refractivity (Wildman–Crippen MR) is 80.1 cm³/mol. The molecule has 0 bridgehead atoms. The minimum Gasteiger partial charge on any atom is -0.310 e. The highest BCUT2D eigenvalue weighted by atomic mass is 15.3. The summed E-state index contributed by atoms with van der Waals surface area (Å²) < 4.78 is 2.13. The third kappa shape index (κ3) is 2.27. The molecule has 0 spiro atoms. The largest absolute Gasteiger partial charge is 0.310 e. The SMILES string of the molecule is c1cc(C2CCCCN2)cc(-n2nccc2C2CC2)c1. The van der Waals surface area contributed by atoms with Gasteiger partial charge in [-0.05, 0) is 56.0 Å². The molecule has 1 saturated carbocycles. The molecule has 1 aliphatic carbocycles. The molecule has 1 N–H and O–H groups in total. The lowest BCUT2D eigenvalue weighted by molar-refractivity contribution is 0.412. The Hall–Kier alpha value is -1.61. The summed E-state index contributed by atoms with van der Waals surface area (Å²) in [6.07, 6.45) is 8.44. The van der Waals surface area contributed by atoms with Crippen LogP contribution in [0.1, 0.15) is 55.3 Å². The summed E-state index contributed by atoms with van der Waals surface area (Å²) in [5, 5.41) is 8.16. The van der Waals surface area contributed by atoms with Crippen LogP contribution in [-0.4, -0.2) is 16.3 Å². The van der Waals surface area contributed by atoms with Gasteiger partial charge in [-0.3, -0.25) is 0 Å². The lowest BCUT2D eigenvalue weighted by atomic mass is 9.97. The first-order chi connectivity index (χ1) is 9.92. The fraction of sp³-hybridized carbons (Fsp3) is 0.471. The van der Waals surface area contributed by atoms with Gasteiger partial charge in [0.2, 0.25) is 0 Å². The van der Waals surface area contributed by atoms with Gasteiger partial charge in [-0.2, -0.15) is 5.10 Å². The van der Waals surface area contributed by atoms with E-state index in [1.54, 1.807) is 0 Å². The van der Waals surface area contributed by atoms with Crippen LogP contribution in [0, 0.1) is 0 Å². The highest BCUT2D eigenvalue weighted by Gasteiger charge is 2.27. The Bertz CT molecular complexity index is 592. The maximum absolute atomic E-state index is 4.53. The molecule has 0 amide bonds. The summed E-state index contributed by atoms with van der Waals surface area (Å²) in [6, 6.07) is 11.6. The molecule has 20 heavy (non-hydrogen) atoms. The summed E-state index contributed by atoms with van der Waals surface area (Å²) in [4.78, 5) is 0. The molecule has 0 radical (unpaired) electrons. The van der Waals surface area contributed by atoms with E-state index < -0.39 is 0 Å². The first-order valence-corrected chi connectivity index (χ1v) is 7.79. The topological polar surface area (TPSA) is 29.9 Å². The summed E-state index contributed by atoms with van der Waals surface area (Å²) >= 11 is 0. The molecule has 1 atom stereocenters. The molecule has 1 aromatic carbocycles. The summed E-state index contributed by atoms with van der Waals surface area (Å²) in [5.74, 6) is 0.731. The van der Waals surface area contributed by atoms with Crippen LogP contribution in [0.2, 0.25) is 0 Å². The number of piperidine rings is 1. The molecule has 2 fully saturated rings. The number of aromatic nitrogens is 2. The molecule has 1 aliphatic heterocycles. The minimum absolute atomic E-state index is 0.517. The van der Waals surface area contributed by atoms with Crippen molar-refractivity contribution >= 4 is 0 Å². The Morgan fingerprint density at radius 3 is 2.85 bits per heavy atom. The van der Waals surface area contributed by atoms with Crippen LogP contribution < -0.4 is 5.32 Å². The van der Waals surface area contributed by atoms with Crippen LogP contribution in [0.25, 0.3) is 5.69 Å². The van der Waals surface area contributed by atoms with E-state index in [1.807, 2.05) is 6.20 Å². The Morgan fingerprint density at radius 1 is 1.10 bits per heavy atom. The fourth-order valence-electron chi connectivity index (χ4n) is 3.23. The van der Waals surface area contributed by atoms with E-state index in [9.17, 15) is 0 Å². The van der Waals surface area contributed by atoms with Gasteiger partial charge in [0.25, 0.3) is 0 Å². The molecule has 1 aromatic heterocycles. The van der Waals surface area contributed by atoms with Crippen LogP contribution >= 0.6 is 0 Å². The summed E-state index contributed by atoms with van der Waals surface area (Å²) in [6.45, 7) is 1.14. The van der Waals surface area contributed by atoms with Crippen LogP contribution in [0.4, 0.5) is 0 Å². The van der Waals surface area contributed by atoms with Gasteiger partial charge in [-0.15, -0.1) is 0 Å². The minimum atomic E-state index is 0.517. The molecule has 2 heterocycles. The second-order valence-electron chi connectivity index (χ2n) is 6.04. The Kier molecular flexibility index (Phi) is 3.07. The highest BCUT2D eigenvalue weighted by Crippen LogP contribution is 2.40. The normalized spacial score (nSPS) is 22.9. The Balaban J connectivity index is 1.66. The van der Waals surface area contributed by atoms with Gasteiger partial charge < -0.3 is 5.32 Å². The van der Waals surface area contributed by atoms with Crippen LogP contribution in [0.15, 0.2) is 36.5 Å². The molecular formula is C17H21N3. The molecule has 3 heteroatoms. The number of hydrogen-bond acceptors (Lipinski definition) is 2. The fourth-order valence-corrected chi connectivity index (χ4v) is 3.23. The molecule has 104 valence electrons. The predicted octanol–water partition coefficient (Wildman–Crippen LogP) is 3.56. The van der Waals surface area contributed by atoms with E-state index in [1.165, 1.54) is 49.0 Å². The van der Waals surface area contributed by atoms with Crippen LogP contribution in [0.3, 0.4) is 0 Å².